The summed E-state index contributed by atoms with van der Waals surface area (Å²) in [4.78, 5) is 0. The molecule has 1 unspecified atom stereocenters. The van der Waals surface area contributed by atoms with Crippen LogP contribution in [0.4, 0.5) is 13.2 Å². The number of aryl methyl sites for hydroxylation is 1. The van der Waals surface area contributed by atoms with Gasteiger partial charge in [0.1, 0.15) is 18.1 Å². The molecule has 0 N–H and O–H groups in total. The molecule has 0 fully saturated rings. The first-order valence-corrected chi connectivity index (χ1v) is 9.93. The van der Waals surface area contributed by atoms with E-state index in [9.17, 15) is 13.2 Å². The third-order valence-corrected chi connectivity index (χ3v) is 5.39. The van der Waals surface area contributed by atoms with E-state index in [-0.39, 0.29) is 23.8 Å². The maximum atomic E-state index is 13.4. The van der Waals surface area contributed by atoms with Gasteiger partial charge in [-0.3, -0.25) is 0 Å². The second-order valence-electron chi connectivity index (χ2n) is 7.48. The summed E-state index contributed by atoms with van der Waals surface area (Å²) in [7, 11) is 0. The lowest BCUT2D eigenvalue weighted by Gasteiger charge is -2.17. The zero-order valence-corrected chi connectivity index (χ0v) is 16.8. The highest BCUT2D eigenvalue weighted by atomic mass is 35.5. The Morgan fingerprint density at radius 1 is 1.14 bits per heavy atom. The van der Waals surface area contributed by atoms with Crippen molar-refractivity contribution in [3.63, 3.8) is 0 Å². The minimum atomic E-state index is -4.50. The van der Waals surface area contributed by atoms with Crippen LogP contribution in [0.25, 0.3) is 10.9 Å². The van der Waals surface area contributed by atoms with Gasteiger partial charge in [0.2, 0.25) is 0 Å². The molecular formula is C22H21ClF3NO2. The van der Waals surface area contributed by atoms with Gasteiger partial charge in [-0.25, -0.2) is 0 Å². The maximum Gasteiger partial charge on any atom is 0.419 e. The van der Waals surface area contributed by atoms with Gasteiger partial charge in [0.15, 0.2) is 0 Å². The highest BCUT2D eigenvalue weighted by molar-refractivity contribution is 6.21. The van der Waals surface area contributed by atoms with E-state index in [0.717, 1.165) is 35.6 Å². The number of rotatable bonds is 5. The average molecular weight is 424 g/mol. The lowest BCUT2D eigenvalue weighted by Crippen LogP contribution is -2.13. The van der Waals surface area contributed by atoms with E-state index < -0.39 is 11.7 Å². The van der Waals surface area contributed by atoms with Crippen LogP contribution in [0, 0.1) is 0 Å². The van der Waals surface area contributed by atoms with Gasteiger partial charge in [-0.2, -0.15) is 13.2 Å². The van der Waals surface area contributed by atoms with Crippen molar-refractivity contribution < 1.29 is 22.6 Å². The summed E-state index contributed by atoms with van der Waals surface area (Å²) in [5.74, 6) is 0.431. The molecule has 2 aromatic carbocycles. The summed E-state index contributed by atoms with van der Waals surface area (Å²) in [5.41, 5.74) is 1.81. The van der Waals surface area contributed by atoms with Crippen molar-refractivity contribution in [2.24, 2.45) is 0 Å². The fraction of sp³-hybridized carbons (Fsp3) is 0.364. The molecule has 0 bridgehead atoms. The summed E-state index contributed by atoms with van der Waals surface area (Å²) in [6.07, 6.45) is -3.92. The van der Waals surface area contributed by atoms with Crippen LogP contribution >= 0.6 is 11.6 Å². The summed E-state index contributed by atoms with van der Waals surface area (Å²) < 4.78 is 53.4. The quantitative estimate of drug-likeness (QED) is 0.426. The molecule has 0 saturated heterocycles. The van der Waals surface area contributed by atoms with Gasteiger partial charge in [-0.1, -0.05) is 6.07 Å². The number of aromatic nitrogens is 1. The number of halogens is 4. The molecule has 1 atom stereocenters. The van der Waals surface area contributed by atoms with Crippen molar-refractivity contribution in [3.05, 3.63) is 59.3 Å². The molecular weight excluding hydrogens is 403 g/mol. The minimum absolute atomic E-state index is 0.0131. The van der Waals surface area contributed by atoms with Crippen LogP contribution in [-0.2, 0) is 19.3 Å². The monoisotopic (exact) mass is 423 g/mol. The molecule has 1 aliphatic heterocycles. The molecule has 0 aliphatic carbocycles. The first kappa shape index (κ1) is 20.0. The molecule has 0 spiro atoms. The van der Waals surface area contributed by atoms with Gasteiger partial charge < -0.3 is 14.0 Å². The van der Waals surface area contributed by atoms with Crippen molar-refractivity contribution in [1.82, 2.24) is 4.57 Å². The summed E-state index contributed by atoms with van der Waals surface area (Å²) in [6.45, 7) is 4.30. The predicted molar refractivity (Wildman–Crippen MR) is 107 cm³/mol. The molecule has 7 heteroatoms. The molecule has 29 heavy (non-hydrogen) atoms. The van der Waals surface area contributed by atoms with Crippen LogP contribution in [0.3, 0.4) is 0 Å². The van der Waals surface area contributed by atoms with Crippen molar-refractivity contribution in [2.45, 2.75) is 51.1 Å². The Balaban J connectivity index is 1.54. The fourth-order valence-corrected chi connectivity index (χ4v) is 3.95. The average Bonchev–Trinajstić information content (AvgIpc) is 3.18. The van der Waals surface area contributed by atoms with E-state index in [1.165, 1.54) is 6.07 Å². The standard InChI is InChI=1S/C22H21ClF3NO2/c1-13(2)29-21-6-3-14(9-17(21)22(24,25)26)12-28-16-4-5-19-15(10-16)11-20-18(23)7-8-27(19)20/h3-6,9-11,13,18H,7-8,12H2,1-2H3. The third kappa shape index (κ3) is 4.04. The van der Waals surface area contributed by atoms with Gasteiger partial charge in [-0.05, 0) is 62.2 Å². The van der Waals surface area contributed by atoms with Crippen LogP contribution in [-0.4, -0.2) is 10.7 Å². The Morgan fingerprint density at radius 3 is 2.66 bits per heavy atom. The molecule has 2 heterocycles. The summed E-state index contributed by atoms with van der Waals surface area (Å²) in [6, 6.07) is 11.8. The number of benzene rings is 2. The Bertz CT molecular complexity index is 1040. The molecule has 154 valence electrons. The summed E-state index contributed by atoms with van der Waals surface area (Å²) >= 11 is 6.34. The Hall–Kier alpha value is -2.34. The maximum absolute atomic E-state index is 13.4. The zero-order chi connectivity index (χ0) is 20.8. The second-order valence-corrected chi connectivity index (χ2v) is 8.01. The highest BCUT2D eigenvalue weighted by Gasteiger charge is 2.35. The first-order chi connectivity index (χ1) is 13.7. The van der Waals surface area contributed by atoms with Crippen LogP contribution in [0.2, 0.25) is 0 Å². The lowest BCUT2D eigenvalue weighted by atomic mass is 10.1. The second kappa shape index (κ2) is 7.48. The molecule has 3 aromatic rings. The van der Waals surface area contributed by atoms with E-state index in [1.54, 1.807) is 19.9 Å². The van der Waals surface area contributed by atoms with Gasteiger partial charge in [0, 0.05) is 23.1 Å². The minimum Gasteiger partial charge on any atom is -0.490 e. The molecule has 1 aromatic heterocycles. The van der Waals surface area contributed by atoms with E-state index in [1.807, 2.05) is 24.3 Å². The van der Waals surface area contributed by atoms with E-state index in [0.29, 0.717) is 11.3 Å². The van der Waals surface area contributed by atoms with Gasteiger partial charge in [-0.15, -0.1) is 11.6 Å². The number of hydrogen-bond donors (Lipinski definition) is 0. The Labute approximate surface area is 172 Å². The van der Waals surface area contributed by atoms with Crippen LogP contribution in [0.1, 0.15) is 42.5 Å². The van der Waals surface area contributed by atoms with E-state index in [2.05, 4.69) is 4.57 Å². The SMILES string of the molecule is CC(C)Oc1ccc(COc2ccc3c(c2)cc2n3CCC2Cl)cc1C(F)(F)F. The van der Waals surface area contributed by atoms with Crippen LogP contribution < -0.4 is 9.47 Å². The van der Waals surface area contributed by atoms with Crippen LogP contribution in [0.5, 0.6) is 11.5 Å². The predicted octanol–water partition coefficient (Wildman–Crippen LogP) is 6.71. The van der Waals surface area contributed by atoms with Crippen molar-refractivity contribution >= 4 is 22.5 Å². The van der Waals surface area contributed by atoms with Crippen LogP contribution in [0.15, 0.2) is 42.5 Å². The molecule has 0 amide bonds. The van der Waals surface area contributed by atoms with Gasteiger partial charge >= 0.3 is 6.18 Å². The largest absolute Gasteiger partial charge is 0.490 e. The number of fused-ring (bicyclic) bond motifs is 3. The number of nitrogens with zero attached hydrogens (tertiary/aromatic N) is 1. The van der Waals surface area contributed by atoms with Crippen molar-refractivity contribution in [1.29, 1.82) is 0 Å². The molecule has 4 rings (SSSR count). The van der Waals surface area contributed by atoms with Crippen molar-refractivity contribution in [3.8, 4) is 11.5 Å². The van der Waals surface area contributed by atoms with Gasteiger partial charge in [0.05, 0.1) is 17.0 Å². The molecule has 0 radical (unpaired) electrons. The van der Waals surface area contributed by atoms with E-state index in [4.69, 9.17) is 21.1 Å². The van der Waals surface area contributed by atoms with Gasteiger partial charge in [0.25, 0.3) is 0 Å². The molecule has 0 saturated carbocycles. The van der Waals surface area contributed by atoms with Crippen molar-refractivity contribution in [2.75, 3.05) is 0 Å². The highest BCUT2D eigenvalue weighted by Crippen LogP contribution is 2.39. The summed E-state index contributed by atoms with van der Waals surface area (Å²) in [5, 5.41) is 1.03. The van der Waals surface area contributed by atoms with E-state index >= 15 is 0 Å². The number of alkyl halides is 4. The molecule has 1 aliphatic rings. The normalized spacial score (nSPS) is 16.4. The Kier molecular flexibility index (Phi) is 5.15. The topological polar surface area (TPSA) is 23.4 Å². The lowest BCUT2D eigenvalue weighted by molar-refractivity contribution is -0.139. The zero-order valence-electron chi connectivity index (χ0n) is 16.1. The third-order valence-electron chi connectivity index (χ3n) is 4.95. The smallest absolute Gasteiger partial charge is 0.419 e. The molecule has 3 nitrogen and oxygen atoms in total. The Morgan fingerprint density at radius 2 is 1.93 bits per heavy atom. The number of ether oxygens (including phenoxy) is 2. The first-order valence-electron chi connectivity index (χ1n) is 9.49. The fourth-order valence-electron chi connectivity index (χ4n) is 3.67. The number of hydrogen-bond acceptors (Lipinski definition) is 2.